The third kappa shape index (κ3) is 6.48. The lowest BCUT2D eigenvalue weighted by molar-refractivity contribution is -0.137. The Morgan fingerprint density at radius 3 is 2.68 bits per heavy atom. The van der Waals surface area contributed by atoms with E-state index in [0.717, 1.165) is 6.07 Å². The maximum atomic E-state index is 12.5. The predicted octanol–water partition coefficient (Wildman–Crippen LogP) is 2.41. The van der Waals surface area contributed by atoms with Crippen LogP contribution < -0.4 is 16.4 Å². The molecule has 124 valence electrons. The Morgan fingerprint density at radius 1 is 1.45 bits per heavy atom. The van der Waals surface area contributed by atoms with Crippen molar-refractivity contribution in [2.45, 2.75) is 32.0 Å². The van der Waals surface area contributed by atoms with E-state index >= 15 is 0 Å². The number of carbonyl (C=O) groups excluding carboxylic acids is 1. The molecule has 0 saturated carbocycles. The molecule has 0 spiro atoms. The number of nitrogens with two attached hydrogens (primary N) is 1. The van der Waals surface area contributed by atoms with E-state index in [9.17, 15) is 18.0 Å². The summed E-state index contributed by atoms with van der Waals surface area (Å²) in [7, 11) is 0. The zero-order valence-corrected chi connectivity index (χ0v) is 12.8. The molecule has 0 aliphatic heterocycles. The van der Waals surface area contributed by atoms with Gasteiger partial charge in [0.05, 0.1) is 10.6 Å². The molecule has 1 unspecified atom stereocenters. The van der Waals surface area contributed by atoms with Gasteiger partial charge in [-0.15, -0.1) is 0 Å². The molecule has 0 bridgehead atoms. The van der Waals surface area contributed by atoms with Crippen LogP contribution in [-0.2, 0) is 11.0 Å². The smallest absolute Gasteiger partial charge is 0.368 e. The largest absolute Gasteiger partial charge is 0.417 e. The van der Waals surface area contributed by atoms with Crippen LogP contribution in [0.5, 0.6) is 0 Å². The summed E-state index contributed by atoms with van der Waals surface area (Å²) in [6, 6.07) is 0.799. The summed E-state index contributed by atoms with van der Waals surface area (Å²) in [6.45, 7) is 2.53. The molecular formula is C13H18ClF3N4O. The molecule has 1 atom stereocenters. The van der Waals surface area contributed by atoms with Crippen molar-refractivity contribution in [2.24, 2.45) is 5.73 Å². The van der Waals surface area contributed by atoms with Gasteiger partial charge in [-0.2, -0.15) is 13.2 Å². The molecule has 1 aromatic rings. The Morgan fingerprint density at radius 2 is 2.14 bits per heavy atom. The van der Waals surface area contributed by atoms with Crippen LogP contribution in [-0.4, -0.2) is 30.0 Å². The Hall–Kier alpha value is -1.54. The Labute approximate surface area is 131 Å². The van der Waals surface area contributed by atoms with Gasteiger partial charge < -0.3 is 16.4 Å². The van der Waals surface area contributed by atoms with Crippen molar-refractivity contribution in [3.63, 3.8) is 0 Å². The number of rotatable bonds is 7. The summed E-state index contributed by atoms with van der Waals surface area (Å²) in [6.07, 6.45) is -2.98. The number of anilines is 1. The van der Waals surface area contributed by atoms with Crippen molar-refractivity contribution in [2.75, 3.05) is 18.4 Å². The number of amides is 1. The van der Waals surface area contributed by atoms with E-state index in [4.69, 9.17) is 17.3 Å². The quantitative estimate of drug-likeness (QED) is 0.713. The first-order chi connectivity index (χ1) is 10.2. The van der Waals surface area contributed by atoms with Crippen molar-refractivity contribution >= 4 is 23.3 Å². The van der Waals surface area contributed by atoms with Crippen LogP contribution in [0.1, 0.15) is 25.3 Å². The normalized spacial score (nSPS) is 12.8. The maximum absolute atomic E-state index is 12.5. The molecule has 1 rings (SSSR count). The number of carbonyl (C=O) groups is 1. The van der Waals surface area contributed by atoms with E-state index in [0.29, 0.717) is 19.2 Å². The molecule has 0 saturated heterocycles. The van der Waals surface area contributed by atoms with Gasteiger partial charge in [-0.3, -0.25) is 4.79 Å². The lowest BCUT2D eigenvalue weighted by Gasteiger charge is -2.11. The molecule has 9 heteroatoms. The molecule has 5 nitrogen and oxygen atoms in total. The maximum Gasteiger partial charge on any atom is 0.417 e. The molecule has 22 heavy (non-hydrogen) atoms. The number of aromatic nitrogens is 1. The monoisotopic (exact) mass is 338 g/mol. The second-order valence-corrected chi connectivity index (χ2v) is 5.25. The first-order valence-corrected chi connectivity index (χ1v) is 7.07. The lowest BCUT2D eigenvalue weighted by Crippen LogP contribution is -2.30. The number of nitrogens with zero attached hydrogens (tertiary/aromatic N) is 1. The van der Waals surface area contributed by atoms with Crippen molar-refractivity contribution in [1.29, 1.82) is 0 Å². The molecule has 0 aromatic carbocycles. The van der Waals surface area contributed by atoms with Crippen molar-refractivity contribution in [3.8, 4) is 0 Å². The molecule has 4 N–H and O–H groups in total. The highest BCUT2D eigenvalue weighted by atomic mass is 35.5. The SMILES string of the molecule is CC(N)CCNC(=O)CCNc1ncc(C(F)(F)F)cc1Cl. The Bertz CT molecular complexity index is 509. The lowest BCUT2D eigenvalue weighted by atomic mass is 10.2. The van der Waals surface area contributed by atoms with Gasteiger partial charge in [0.1, 0.15) is 5.82 Å². The fourth-order valence-corrected chi connectivity index (χ4v) is 1.78. The fourth-order valence-electron chi connectivity index (χ4n) is 1.55. The number of nitrogens with one attached hydrogen (secondary N) is 2. The molecule has 0 radical (unpaired) electrons. The van der Waals surface area contributed by atoms with Gasteiger partial charge in [-0.05, 0) is 19.4 Å². The van der Waals surface area contributed by atoms with Crippen LogP contribution >= 0.6 is 11.6 Å². The Kier molecular flexibility index (Phi) is 6.89. The highest BCUT2D eigenvalue weighted by molar-refractivity contribution is 6.32. The molecule has 1 amide bonds. The van der Waals surface area contributed by atoms with E-state index in [2.05, 4.69) is 15.6 Å². The molecule has 1 aromatic heterocycles. The summed E-state index contributed by atoms with van der Waals surface area (Å²) in [4.78, 5) is 15.1. The second-order valence-electron chi connectivity index (χ2n) is 4.84. The summed E-state index contributed by atoms with van der Waals surface area (Å²) < 4.78 is 37.4. The van der Waals surface area contributed by atoms with Crippen molar-refractivity contribution in [3.05, 3.63) is 22.8 Å². The van der Waals surface area contributed by atoms with Crippen LogP contribution in [0.3, 0.4) is 0 Å². The summed E-state index contributed by atoms with van der Waals surface area (Å²) in [5, 5.41) is 5.26. The standard InChI is InChI=1S/C13H18ClF3N4O/c1-8(18)2-4-19-11(22)3-5-20-12-10(14)6-9(7-21-12)13(15,16)17/h6-8H,2-5,18H2,1H3,(H,19,22)(H,20,21). The fraction of sp³-hybridized carbons (Fsp3) is 0.538. The van der Waals surface area contributed by atoms with E-state index in [-0.39, 0.29) is 35.8 Å². The minimum absolute atomic E-state index is 0.00794. The van der Waals surface area contributed by atoms with Crippen LogP contribution in [0.4, 0.5) is 19.0 Å². The van der Waals surface area contributed by atoms with Gasteiger partial charge in [0.2, 0.25) is 5.91 Å². The average Bonchev–Trinajstić information content (AvgIpc) is 2.39. The number of alkyl halides is 3. The zero-order chi connectivity index (χ0) is 16.8. The number of hydrogen-bond donors (Lipinski definition) is 3. The summed E-state index contributed by atoms with van der Waals surface area (Å²) in [5.41, 5.74) is 4.63. The van der Waals surface area contributed by atoms with Crippen LogP contribution in [0.15, 0.2) is 12.3 Å². The summed E-state index contributed by atoms with van der Waals surface area (Å²) in [5.74, 6) is -0.0748. The first-order valence-electron chi connectivity index (χ1n) is 6.69. The van der Waals surface area contributed by atoms with Gasteiger partial charge in [0, 0.05) is 31.7 Å². The highest BCUT2D eigenvalue weighted by Crippen LogP contribution is 2.32. The van der Waals surface area contributed by atoms with Gasteiger partial charge in [0.25, 0.3) is 0 Å². The minimum atomic E-state index is -4.49. The average molecular weight is 339 g/mol. The predicted molar refractivity (Wildman–Crippen MR) is 78.6 cm³/mol. The molecular weight excluding hydrogens is 321 g/mol. The van der Waals surface area contributed by atoms with E-state index in [1.807, 2.05) is 6.92 Å². The Balaban J connectivity index is 2.41. The van der Waals surface area contributed by atoms with Crippen LogP contribution in [0, 0.1) is 0 Å². The van der Waals surface area contributed by atoms with Gasteiger partial charge in [-0.25, -0.2) is 4.98 Å². The zero-order valence-electron chi connectivity index (χ0n) is 12.0. The molecule has 1 heterocycles. The van der Waals surface area contributed by atoms with Crippen LogP contribution in [0.25, 0.3) is 0 Å². The minimum Gasteiger partial charge on any atom is -0.368 e. The van der Waals surface area contributed by atoms with Gasteiger partial charge >= 0.3 is 6.18 Å². The number of pyridine rings is 1. The van der Waals surface area contributed by atoms with Crippen molar-refractivity contribution in [1.82, 2.24) is 10.3 Å². The third-order valence-corrected chi connectivity index (χ3v) is 3.02. The van der Waals surface area contributed by atoms with Crippen LogP contribution in [0.2, 0.25) is 5.02 Å². The molecule has 0 aliphatic rings. The van der Waals surface area contributed by atoms with E-state index < -0.39 is 11.7 Å². The van der Waals surface area contributed by atoms with Gasteiger partial charge in [-0.1, -0.05) is 11.6 Å². The third-order valence-electron chi connectivity index (χ3n) is 2.73. The summed E-state index contributed by atoms with van der Waals surface area (Å²) >= 11 is 5.73. The first kappa shape index (κ1) is 18.5. The second kappa shape index (κ2) is 8.19. The number of halogens is 4. The number of hydrogen-bond acceptors (Lipinski definition) is 4. The van der Waals surface area contributed by atoms with Crippen molar-refractivity contribution < 1.29 is 18.0 Å². The highest BCUT2D eigenvalue weighted by Gasteiger charge is 2.31. The van der Waals surface area contributed by atoms with Gasteiger partial charge in [0.15, 0.2) is 0 Å². The van der Waals surface area contributed by atoms with E-state index in [1.54, 1.807) is 0 Å². The topological polar surface area (TPSA) is 80.0 Å². The molecule has 0 fully saturated rings. The van der Waals surface area contributed by atoms with E-state index in [1.165, 1.54) is 0 Å². The molecule has 0 aliphatic carbocycles.